The zero-order chi connectivity index (χ0) is 14.2. The number of primary amides is 1. The molecule has 0 spiro atoms. The van der Waals surface area contributed by atoms with Gasteiger partial charge in [-0.25, -0.2) is 0 Å². The molecular formula is C14H19ClN2O2. The standard InChI is InChI=1S/C14H19ClN2O2/c1-9(2)14(19)7-17(8-14)6-11-4-3-10(13(16)18)5-12(11)15/h3-5,9,19H,6-8H2,1-2H3,(H2,16,18). The van der Waals surface area contributed by atoms with E-state index in [0.717, 1.165) is 5.56 Å². The minimum absolute atomic E-state index is 0.247. The Kier molecular flexibility index (Phi) is 3.85. The fraction of sp³-hybridized carbons (Fsp3) is 0.500. The third kappa shape index (κ3) is 2.91. The molecular weight excluding hydrogens is 264 g/mol. The second kappa shape index (κ2) is 5.12. The van der Waals surface area contributed by atoms with Crippen LogP contribution in [0.3, 0.4) is 0 Å². The lowest BCUT2D eigenvalue weighted by atomic mass is 9.83. The van der Waals surface area contributed by atoms with Crippen LogP contribution in [0.1, 0.15) is 29.8 Å². The number of hydrogen-bond donors (Lipinski definition) is 2. The van der Waals surface area contributed by atoms with E-state index in [-0.39, 0.29) is 5.92 Å². The second-order valence-electron chi connectivity index (χ2n) is 5.57. The molecule has 2 rings (SSSR count). The molecule has 1 aromatic carbocycles. The summed E-state index contributed by atoms with van der Waals surface area (Å²) in [5.74, 6) is -0.233. The van der Waals surface area contributed by atoms with Gasteiger partial charge in [0.1, 0.15) is 0 Å². The molecule has 0 atom stereocenters. The van der Waals surface area contributed by atoms with Gasteiger partial charge >= 0.3 is 0 Å². The highest BCUT2D eigenvalue weighted by Gasteiger charge is 2.43. The fourth-order valence-corrected chi connectivity index (χ4v) is 2.52. The van der Waals surface area contributed by atoms with E-state index < -0.39 is 11.5 Å². The quantitative estimate of drug-likeness (QED) is 0.882. The molecule has 0 aliphatic carbocycles. The van der Waals surface area contributed by atoms with Gasteiger partial charge in [0.2, 0.25) is 5.91 Å². The Morgan fingerprint density at radius 1 is 1.53 bits per heavy atom. The number of carbonyl (C=O) groups excluding carboxylic acids is 1. The van der Waals surface area contributed by atoms with Crippen LogP contribution < -0.4 is 5.73 Å². The summed E-state index contributed by atoms with van der Waals surface area (Å²) in [7, 11) is 0. The second-order valence-corrected chi connectivity index (χ2v) is 5.98. The number of hydrogen-bond acceptors (Lipinski definition) is 3. The minimum atomic E-state index is -0.584. The van der Waals surface area contributed by atoms with E-state index in [9.17, 15) is 9.90 Å². The molecule has 19 heavy (non-hydrogen) atoms. The maximum atomic E-state index is 11.0. The summed E-state index contributed by atoms with van der Waals surface area (Å²) >= 11 is 6.14. The third-order valence-corrected chi connectivity index (χ3v) is 4.15. The number of benzene rings is 1. The van der Waals surface area contributed by atoms with E-state index >= 15 is 0 Å². The highest BCUT2D eigenvalue weighted by Crippen LogP contribution is 2.31. The first-order chi connectivity index (χ1) is 8.82. The summed E-state index contributed by atoms with van der Waals surface area (Å²) in [5, 5.41) is 10.7. The van der Waals surface area contributed by atoms with Crippen molar-refractivity contribution in [3.05, 3.63) is 34.3 Å². The molecule has 1 saturated heterocycles. The van der Waals surface area contributed by atoms with Crippen LogP contribution in [0, 0.1) is 5.92 Å². The van der Waals surface area contributed by atoms with Gasteiger partial charge in [0.15, 0.2) is 0 Å². The minimum Gasteiger partial charge on any atom is -0.387 e. The highest BCUT2D eigenvalue weighted by molar-refractivity contribution is 6.31. The predicted molar refractivity (Wildman–Crippen MR) is 75.0 cm³/mol. The fourth-order valence-electron chi connectivity index (χ4n) is 2.27. The van der Waals surface area contributed by atoms with Crippen LogP contribution in [0.2, 0.25) is 5.02 Å². The van der Waals surface area contributed by atoms with Gasteiger partial charge in [0, 0.05) is 30.2 Å². The van der Waals surface area contributed by atoms with Gasteiger partial charge in [-0.2, -0.15) is 0 Å². The number of aliphatic hydroxyl groups is 1. The van der Waals surface area contributed by atoms with E-state index in [1.54, 1.807) is 12.1 Å². The first-order valence-electron chi connectivity index (χ1n) is 6.35. The van der Waals surface area contributed by atoms with Crippen LogP contribution in [-0.4, -0.2) is 34.6 Å². The molecule has 0 saturated carbocycles. The number of β-amino-alcohol motifs (C(OH)–C–C–N with tert-alkyl or cyclic N) is 1. The summed E-state index contributed by atoms with van der Waals surface area (Å²) in [5.41, 5.74) is 5.97. The van der Waals surface area contributed by atoms with Crippen molar-refractivity contribution < 1.29 is 9.90 Å². The lowest BCUT2D eigenvalue weighted by molar-refractivity contribution is -0.130. The Bertz CT molecular complexity index is 496. The largest absolute Gasteiger partial charge is 0.387 e. The number of amides is 1. The van der Waals surface area contributed by atoms with Gasteiger partial charge in [-0.15, -0.1) is 0 Å². The molecule has 1 aromatic rings. The summed E-state index contributed by atoms with van der Waals surface area (Å²) in [6.07, 6.45) is 0. The first-order valence-corrected chi connectivity index (χ1v) is 6.72. The number of carbonyl (C=O) groups is 1. The smallest absolute Gasteiger partial charge is 0.248 e. The average molecular weight is 283 g/mol. The van der Waals surface area contributed by atoms with Crippen molar-refractivity contribution in [3.63, 3.8) is 0 Å². The van der Waals surface area contributed by atoms with Crippen molar-refractivity contribution in [1.82, 2.24) is 4.90 Å². The van der Waals surface area contributed by atoms with Crippen LogP contribution >= 0.6 is 11.6 Å². The van der Waals surface area contributed by atoms with Crippen molar-refractivity contribution in [1.29, 1.82) is 0 Å². The van der Waals surface area contributed by atoms with Gasteiger partial charge in [-0.05, 0) is 23.6 Å². The van der Waals surface area contributed by atoms with E-state index in [2.05, 4.69) is 4.90 Å². The first kappa shape index (κ1) is 14.3. The van der Waals surface area contributed by atoms with Crippen molar-refractivity contribution in [2.24, 2.45) is 11.7 Å². The van der Waals surface area contributed by atoms with Gasteiger partial charge in [0.25, 0.3) is 0 Å². The molecule has 1 aliphatic rings. The predicted octanol–water partition coefficient (Wildman–Crippen LogP) is 1.64. The van der Waals surface area contributed by atoms with Crippen molar-refractivity contribution in [3.8, 4) is 0 Å². The highest BCUT2D eigenvalue weighted by atomic mass is 35.5. The number of nitrogens with zero attached hydrogens (tertiary/aromatic N) is 1. The van der Waals surface area contributed by atoms with Crippen LogP contribution in [-0.2, 0) is 6.54 Å². The lowest BCUT2D eigenvalue weighted by Gasteiger charge is -2.49. The summed E-state index contributed by atoms with van der Waals surface area (Å²) in [6, 6.07) is 5.08. The van der Waals surface area contributed by atoms with Crippen molar-refractivity contribution in [2.45, 2.75) is 26.0 Å². The lowest BCUT2D eigenvalue weighted by Crippen LogP contribution is -2.63. The number of likely N-dealkylation sites (tertiary alicyclic amines) is 1. The Morgan fingerprint density at radius 2 is 2.16 bits per heavy atom. The molecule has 0 unspecified atom stereocenters. The van der Waals surface area contributed by atoms with Gasteiger partial charge in [0.05, 0.1) is 5.60 Å². The molecule has 3 N–H and O–H groups in total. The zero-order valence-corrected chi connectivity index (χ0v) is 11.9. The number of halogens is 1. The molecule has 104 valence electrons. The topological polar surface area (TPSA) is 66.6 Å². The van der Waals surface area contributed by atoms with E-state index in [1.807, 2.05) is 19.9 Å². The molecule has 1 amide bonds. The van der Waals surface area contributed by atoms with Gasteiger partial charge < -0.3 is 10.8 Å². The average Bonchev–Trinajstić information content (AvgIpc) is 2.28. The maximum absolute atomic E-state index is 11.0. The Morgan fingerprint density at radius 3 is 2.63 bits per heavy atom. The number of rotatable bonds is 4. The van der Waals surface area contributed by atoms with Crippen molar-refractivity contribution >= 4 is 17.5 Å². The molecule has 1 fully saturated rings. The van der Waals surface area contributed by atoms with Crippen LogP contribution in [0.25, 0.3) is 0 Å². The molecule has 5 heteroatoms. The molecule has 1 heterocycles. The summed E-state index contributed by atoms with van der Waals surface area (Å²) < 4.78 is 0. The summed E-state index contributed by atoms with van der Waals surface area (Å²) in [4.78, 5) is 13.2. The summed E-state index contributed by atoms with van der Waals surface area (Å²) in [6.45, 7) is 6.02. The molecule has 0 radical (unpaired) electrons. The van der Waals surface area contributed by atoms with E-state index in [4.69, 9.17) is 17.3 Å². The zero-order valence-electron chi connectivity index (χ0n) is 11.2. The number of nitrogens with two attached hydrogens (primary N) is 1. The van der Waals surface area contributed by atoms with Gasteiger partial charge in [-0.1, -0.05) is 31.5 Å². The van der Waals surface area contributed by atoms with Gasteiger partial charge in [-0.3, -0.25) is 9.69 Å². The van der Waals surface area contributed by atoms with E-state index in [0.29, 0.717) is 30.2 Å². The van der Waals surface area contributed by atoms with Crippen LogP contribution in [0.15, 0.2) is 18.2 Å². The molecule has 0 aromatic heterocycles. The van der Waals surface area contributed by atoms with E-state index in [1.165, 1.54) is 0 Å². The molecule has 4 nitrogen and oxygen atoms in total. The monoisotopic (exact) mass is 282 g/mol. The Balaban J connectivity index is 2.00. The maximum Gasteiger partial charge on any atom is 0.248 e. The normalized spacial score (nSPS) is 18.4. The molecule has 1 aliphatic heterocycles. The SMILES string of the molecule is CC(C)C1(O)CN(Cc2ccc(C(N)=O)cc2Cl)C1. The van der Waals surface area contributed by atoms with Crippen molar-refractivity contribution in [2.75, 3.05) is 13.1 Å². The Hall–Kier alpha value is -1.10. The van der Waals surface area contributed by atoms with Crippen LogP contribution in [0.5, 0.6) is 0 Å². The van der Waals surface area contributed by atoms with Crippen LogP contribution in [0.4, 0.5) is 0 Å². The third-order valence-electron chi connectivity index (χ3n) is 3.80. The Labute approximate surface area is 118 Å². The molecule has 0 bridgehead atoms.